The Morgan fingerprint density at radius 3 is 2.00 bits per heavy atom. The molecule has 0 fully saturated rings. The SMILES string of the molecule is CC1[C-]=CC(C(C)(C)C)=C1.CC[C](=[Zr+2])c1ccccc1.Cc1[c-]c2c(cc1C)-c1cc(C)c(C)cc1C2.[Cl-].[Cl-]. The van der Waals surface area contributed by atoms with Gasteiger partial charge in [-0.3, -0.25) is 6.08 Å². The molecular weight excluding hydrogens is 595 g/mol. The van der Waals surface area contributed by atoms with Crippen LogP contribution in [0.1, 0.15) is 80.0 Å². The first-order valence-electron chi connectivity index (χ1n) is 13.5. The summed E-state index contributed by atoms with van der Waals surface area (Å²) >= 11 is 1.54. The van der Waals surface area contributed by atoms with Crippen LogP contribution in [-0.4, -0.2) is 3.21 Å². The number of fused-ring (bicyclic) bond motifs is 3. The molecule has 0 bridgehead atoms. The van der Waals surface area contributed by atoms with Crippen LogP contribution in [0.15, 0.2) is 66.3 Å². The van der Waals surface area contributed by atoms with Crippen LogP contribution in [0, 0.1) is 51.2 Å². The predicted molar refractivity (Wildman–Crippen MR) is 158 cm³/mol. The van der Waals surface area contributed by atoms with E-state index in [1.807, 2.05) is 0 Å². The second kappa shape index (κ2) is 15.5. The monoisotopic (exact) mass is 634 g/mol. The summed E-state index contributed by atoms with van der Waals surface area (Å²) in [6.45, 7) is 19.8. The van der Waals surface area contributed by atoms with Gasteiger partial charge in [-0.2, -0.15) is 34.9 Å². The molecule has 3 aromatic rings. The van der Waals surface area contributed by atoms with Crippen molar-refractivity contribution in [3.05, 3.63) is 117 Å². The Bertz CT molecular complexity index is 1270. The molecule has 0 heterocycles. The van der Waals surface area contributed by atoms with Crippen LogP contribution in [0.3, 0.4) is 0 Å². The van der Waals surface area contributed by atoms with Crippen molar-refractivity contribution in [2.75, 3.05) is 0 Å². The van der Waals surface area contributed by atoms with E-state index in [0.717, 1.165) is 6.42 Å². The van der Waals surface area contributed by atoms with Crippen LogP contribution in [0.5, 0.6) is 0 Å². The number of hydrogen-bond donors (Lipinski definition) is 0. The van der Waals surface area contributed by atoms with Gasteiger partial charge in [0, 0.05) is 0 Å². The fraction of sp³-hybridized carbons (Fsp3) is 0.361. The normalized spacial score (nSPS) is 14.3. The molecule has 2 aliphatic rings. The molecule has 5 rings (SSSR count). The van der Waals surface area contributed by atoms with E-state index < -0.39 is 0 Å². The maximum absolute atomic E-state index is 3.54. The molecule has 3 heteroatoms. The van der Waals surface area contributed by atoms with E-state index in [1.54, 1.807) is 3.21 Å². The minimum Gasteiger partial charge on any atom is -1.00 e. The molecule has 0 saturated carbocycles. The van der Waals surface area contributed by atoms with Gasteiger partial charge in [-0.25, -0.2) is 6.08 Å². The Labute approximate surface area is 265 Å². The Hall–Kier alpha value is -1.53. The maximum atomic E-state index is 3.54. The second-order valence-electron chi connectivity index (χ2n) is 11.4. The fourth-order valence-electron chi connectivity index (χ4n) is 4.54. The smallest absolute Gasteiger partial charge is 0.0253 e. The molecule has 0 nitrogen and oxygen atoms in total. The van der Waals surface area contributed by atoms with E-state index >= 15 is 0 Å². The molecule has 0 aliphatic heterocycles. The van der Waals surface area contributed by atoms with Gasteiger partial charge in [-0.05, 0) is 37.0 Å². The van der Waals surface area contributed by atoms with Crippen molar-refractivity contribution in [2.24, 2.45) is 11.3 Å². The summed E-state index contributed by atoms with van der Waals surface area (Å²) in [7, 11) is 0. The molecule has 3 aromatic carbocycles. The van der Waals surface area contributed by atoms with E-state index in [4.69, 9.17) is 0 Å². The largest absolute Gasteiger partial charge is 1.00 e. The first-order chi connectivity index (χ1) is 17.4. The molecule has 39 heavy (non-hydrogen) atoms. The Balaban J connectivity index is 0.000000303. The molecule has 1 atom stereocenters. The van der Waals surface area contributed by atoms with Crippen molar-refractivity contribution < 1.29 is 49.0 Å². The summed E-state index contributed by atoms with van der Waals surface area (Å²) in [5.41, 5.74) is 14.2. The van der Waals surface area contributed by atoms with Crippen LogP contribution < -0.4 is 24.8 Å². The van der Waals surface area contributed by atoms with Gasteiger partial charge < -0.3 is 24.8 Å². The van der Waals surface area contributed by atoms with Crippen molar-refractivity contribution in [3.63, 3.8) is 0 Å². The summed E-state index contributed by atoms with van der Waals surface area (Å²) in [6.07, 6.45) is 9.88. The molecule has 2 aliphatic carbocycles. The van der Waals surface area contributed by atoms with E-state index in [1.165, 1.54) is 86.3 Å². The Morgan fingerprint density at radius 1 is 0.897 bits per heavy atom. The summed E-state index contributed by atoms with van der Waals surface area (Å²) in [4.78, 5) is 0. The van der Waals surface area contributed by atoms with E-state index in [9.17, 15) is 0 Å². The molecule has 206 valence electrons. The van der Waals surface area contributed by atoms with Crippen LogP contribution in [0.4, 0.5) is 0 Å². The van der Waals surface area contributed by atoms with Gasteiger partial charge in [0.1, 0.15) is 0 Å². The van der Waals surface area contributed by atoms with Crippen LogP contribution in [0.2, 0.25) is 0 Å². The third kappa shape index (κ3) is 9.52. The van der Waals surface area contributed by atoms with Crippen molar-refractivity contribution in [3.8, 4) is 11.1 Å². The molecular formula is C36H42Cl2Zr-2. The van der Waals surface area contributed by atoms with Crippen molar-refractivity contribution in [1.82, 2.24) is 0 Å². The average Bonchev–Trinajstić information content (AvgIpc) is 3.44. The van der Waals surface area contributed by atoms with Crippen LogP contribution >= 0.6 is 0 Å². The van der Waals surface area contributed by atoms with Gasteiger partial charge in [-0.1, -0.05) is 70.6 Å². The molecule has 0 aromatic heterocycles. The number of rotatable bonds is 2. The van der Waals surface area contributed by atoms with Gasteiger partial charge in [0.05, 0.1) is 0 Å². The van der Waals surface area contributed by atoms with Gasteiger partial charge in [0.15, 0.2) is 0 Å². The zero-order valence-electron chi connectivity index (χ0n) is 25.0. The standard InChI is InChI=1S/C17H17.C10H15.C9H10.2ClH.Zr/c1-10-5-14-9-15-6-11(2)13(4)8-17(15)16(14)7-12(10)3;1-8-5-6-9(7-8)10(2,3)4;1-2-6-9-7-4-3-5-8-9;;;/h5,7-8H,9H2,1-4H3;6-8H,1-4H3;3-5,7-8H,2H2,1H3;2*1H;/q2*-1;;;;+2/p-2. The quantitative estimate of drug-likeness (QED) is 0.296. The van der Waals surface area contributed by atoms with E-state index in [-0.39, 0.29) is 24.8 Å². The summed E-state index contributed by atoms with van der Waals surface area (Å²) < 4.78 is 1.55. The number of benzene rings is 3. The van der Waals surface area contributed by atoms with Crippen molar-refractivity contribution in [2.45, 2.75) is 75.2 Å². The zero-order chi connectivity index (χ0) is 27.3. The molecule has 0 saturated heterocycles. The number of halogens is 2. The number of hydrogen-bond acceptors (Lipinski definition) is 0. The van der Waals surface area contributed by atoms with Crippen molar-refractivity contribution in [1.29, 1.82) is 0 Å². The van der Waals surface area contributed by atoms with Gasteiger partial charge in [-0.15, -0.1) is 11.1 Å². The van der Waals surface area contributed by atoms with Crippen LogP contribution in [0.25, 0.3) is 11.1 Å². The summed E-state index contributed by atoms with van der Waals surface area (Å²) in [6, 6.07) is 21.1. The first kappa shape index (κ1) is 35.5. The summed E-state index contributed by atoms with van der Waals surface area (Å²) in [5.74, 6) is 0.522. The molecule has 0 N–H and O–H groups in total. The zero-order valence-corrected chi connectivity index (χ0v) is 29.0. The molecule has 0 radical (unpaired) electrons. The topological polar surface area (TPSA) is 0 Å². The van der Waals surface area contributed by atoms with E-state index in [2.05, 4.69) is 135 Å². The predicted octanol–water partition coefficient (Wildman–Crippen LogP) is 3.43. The van der Waals surface area contributed by atoms with Gasteiger partial charge >= 0.3 is 76.7 Å². The Morgan fingerprint density at radius 2 is 1.49 bits per heavy atom. The van der Waals surface area contributed by atoms with Gasteiger partial charge in [0.25, 0.3) is 0 Å². The Kier molecular flexibility index (Phi) is 14.1. The number of aryl methyl sites for hydroxylation is 4. The molecule has 1 unspecified atom stereocenters. The minimum absolute atomic E-state index is 0. The summed E-state index contributed by atoms with van der Waals surface area (Å²) in [5, 5.41) is 0. The van der Waals surface area contributed by atoms with Gasteiger partial charge in [0.2, 0.25) is 0 Å². The third-order valence-electron chi connectivity index (χ3n) is 7.27. The van der Waals surface area contributed by atoms with Crippen LogP contribution in [-0.2, 0) is 30.7 Å². The molecule has 0 amide bonds. The fourth-order valence-corrected chi connectivity index (χ4v) is 4.95. The first-order valence-corrected chi connectivity index (χ1v) is 14.7. The average molecular weight is 637 g/mol. The molecule has 0 spiro atoms. The number of allylic oxidation sites excluding steroid dienone is 4. The maximum Gasteiger partial charge on any atom is -0.0253 e. The van der Waals surface area contributed by atoms with E-state index in [0.29, 0.717) is 11.3 Å². The third-order valence-corrected chi connectivity index (χ3v) is 8.84. The second-order valence-corrected chi connectivity index (χ2v) is 12.9. The van der Waals surface area contributed by atoms with Crippen molar-refractivity contribution >= 4 is 3.21 Å². The minimum atomic E-state index is 0.